The number of hydrogen-bond donors (Lipinski definition) is 2. The van der Waals surface area contributed by atoms with Crippen molar-refractivity contribution in [3.8, 4) is 0 Å². The molecule has 3 amide bonds. The Morgan fingerprint density at radius 3 is 2.48 bits per heavy atom. The molecule has 1 aliphatic heterocycles. The molecule has 2 aromatic carbocycles. The molecule has 1 aliphatic rings. The number of anilines is 1. The van der Waals surface area contributed by atoms with Crippen LogP contribution in [0.4, 0.5) is 10.5 Å². The maximum absolute atomic E-state index is 12.6. The Bertz CT molecular complexity index is 869. The van der Waals surface area contributed by atoms with Crippen molar-refractivity contribution in [1.82, 2.24) is 10.2 Å². The number of benzene rings is 2. The van der Waals surface area contributed by atoms with E-state index >= 15 is 0 Å². The highest BCUT2D eigenvalue weighted by atomic mass is 16.5. The number of nitrogens with zero attached hydrogens (tertiary/aromatic N) is 1. The Kier molecular flexibility index (Phi) is 6.84. The quantitative estimate of drug-likeness (QED) is 0.736. The third-order valence-corrected chi connectivity index (χ3v) is 4.74. The lowest BCUT2D eigenvalue weighted by atomic mass is 9.99. The van der Waals surface area contributed by atoms with Crippen LogP contribution in [0.25, 0.3) is 0 Å². The zero-order chi connectivity index (χ0) is 20.6. The molecule has 0 saturated heterocycles. The second-order valence-electron chi connectivity index (χ2n) is 6.91. The van der Waals surface area contributed by atoms with Crippen LogP contribution in [0.1, 0.15) is 24.5 Å². The van der Waals surface area contributed by atoms with E-state index in [2.05, 4.69) is 16.7 Å². The van der Waals surface area contributed by atoms with Gasteiger partial charge in [0.1, 0.15) is 0 Å². The molecule has 0 radical (unpaired) electrons. The van der Waals surface area contributed by atoms with Crippen LogP contribution in [-0.2, 0) is 27.3 Å². The van der Waals surface area contributed by atoms with E-state index in [0.29, 0.717) is 18.8 Å². The van der Waals surface area contributed by atoms with Crippen molar-refractivity contribution in [3.63, 3.8) is 0 Å². The summed E-state index contributed by atoms with van der Waals surface area (Å²) in [6.45, 7) is 2.84. The maximum Gasteiger partial charge on any atom is 0.319 e. The molecule has 2 aromatic rings. The van der Waals surface area contributed by atoms with Crippen molar-refractivity contribution < 1.29 is 19.1 Å². The van der Waals surface area contributed by atoms with Gasteiger partial charge in [-0.1, -0.05) is 42.5 Å². The first-order valence-corrected chi connectivity index (χ1v) is 9.68. The van der Waals surface area contributed by atoms with Crippen LogP contribution < -0.4 is 10.6 Å². The summed E-state index contributed by atoms with van der Waals surface area (Å²) in [6.07, 6.45) is -0.0722. The van der Waals surface area contributed by atoms with E-state index in [1.807, 2.05) is 36.4 Å². The predicted octanol–water partition coefficient (Wildman–Crippen LogP) is 2.71. The number of urea groups is 1. The number of amides is 3. The van der Waals surface area contributed by atoms with Gasteiger partial charge in [0.05, 0.1) is 6.42 Å². The molecule has 7 heteroatoms. The number of fused-ring (bicyclic) bond motifs is 1. The molecular weight excluding hydrogens is 370 g/mol. The zero-order valence-corrected chi connectivity index (χ0v) is 16.4. The molecule has 0 fully saturated rings. The third kappa shape index (κ3) is 5.81. The number of esters is 1. The fourth-order valence-corrected chi connectivity index (χ4v) is 3.22. The van der Waals surface area contributed by atoms with Crippen molar-refractivity contribution in [3.05, 3.63) is 65.7 Å². The van der Waals surface area contributed by atoms with Crippen molar-refractivity contribution >= 4 is 23.6 Å². The van der Waals surface area contributed by atoms with Gasteiger partial charge in [0.25, 0.3) is 5.91 Å². The number of rotatable bonds is 6. The lowest BCUT2D eigenvalue weighted by molar-refractivity contribution is -0.159. The minimum absolute atomic E-state index is 0.0112. The first-order chi connectivity index (χ1) is 14.0. The van der Waals surface area contributed by atoms with Gasteiger partial charge in [-0.05, 0) is 36.6 Å². The monoisotopic (exact) mass is 395 g/mol. The van der Waals surface area contributed by atoms with E-state index in [-0.39, 0.29) is 18.9 Å². The number of para-hydroxylation sites is 1. The smallest absolute Gasteiger partial charge is 0.319 e. The topological polar surface area (TPSA) is 87.7 Å². The van der Waals surface area contributed by atoms with Crippen molar-refractivity contribution in [2.45, 2.75) is 32.4 Å². The Hall–Kier alpha value is -3.35. The highest BCUT2D eigenvalue weighted by Crippen LogP contribution is 2.19. The number of carbonyl (C=O) groups is 3. The summed E-state index contributed by atoms with van der Waals surface area (Å²) in [7, 11) is 0. The van der Waals surface area contributed by atoms with Crippen LogP contribution >= 0.6 is 0 Å². The predicted molar refractivity (Wildman–Crippen MR) is 109 cm³/mol. The first-order valence-electron chi connectivity index (χ1n) is 9.68. The van der Waals surface area contributed by atoms with Gasteiger partial charge >= 0.3 is 12.0 Å². The molecule has 7 nitrogen and oxygen atoms in total. The molecule has 1 atom stereocenters. The van der Waals surface area contributed by atoms with Crippen LogP contribution in [0, 0.1) is 0 Å². The normalized spacial score (nSPS) is 13.8. The van der Waals surface area contributed by atoms with E-state index in [4.69, 9.17) is 4.74 Å². The van der Waals surface area contributed by atoms with Crippen molar-refractivity contribution in [1.29, 1.82) is 0 Å². The van der Waals surface area contributed by atoms with Gasteiger partial charge in [0, 0.05) is 25.3 Å². The average molecular weight is 395 g/mol. The second kappa shape index (κ2) is 9.73. The Morgan fingerprint density at radius 1 is 1.03 bits per heavy atom. The molecule has 0 spiro atoms. The van der Waals surface area contributed by atoms with Crippen LogP contribution in [0.5, 0.6) is 0 Å². The molecule has 0 saturated carbocycles. The standard InChI is InChI=1S/C22H25N3O4/c1-16(21(27)25-14-12-17-7-5-6-8-18(17)15-25)29-20(26)11-13-23-22(28)24-19-9-3-2-4-10-19/h2-10,16H,11-15H2,1H3,(H2,23,24,28)/t16-/m0/s1. The SMILES string of the molecule is C[C@H](OC(=O)CCNC(=O)Nc1ccccc1)C(=O)N1CCc2ccccc2C1. The van der Waals surface area contributed by atoms with Gasteiger partial charge in [0.15, 0.2) is 6.10 Å². The van der Waals surface area contributed by atoms with Crippen LogP contribution in [0.3, 0.4) is 0 Å². The summed E-state index contributed by atoms with van der Waals surface area (Å²) < 4.78 is 5.25. The maximum atomic E-state index is 12.6. The van der Waals surface area contributed by atoms with Crippen LogP contribution in [0.2, 0.25) is 0 Å². The van der Waals surface area contributed by atoms with Gasteiger partial charge in [-0.2, -0.15) is 0 Å². The summed E-state index contributed by atoms with van der Waals surface area (Å²) in [6, 6.07) is 16.6. The van der Waals surface area contributed by atoms with Gasteiger partial charge in [-0.25, -0.2) is 4.79 Å². The zero-order valence-electron chi connectivity index (χ0n) is 16.4. The molecule has 0 aromatic heterocycles. The summed E-state index contributed by atoms with van der Waals surface area (Å²) >= 11 is 0. The lowest BCUT2D eigenvalue weighted by Gasteiger charge is -2.30. The van der Waals surface area contributed by atoms with E-state index in [1.165, 1.54) is 5.56 Å². The minimum atomic E-state index is -0.856. The molecule has 0 aliphatic carbocycles. The van der Waals surface area contributed by atoms with Gasteiger partial charge in [-0.3, -0.25) is 9.59 Å². The van der Waals surface area contributed by atoms with Gasteiger partial charge in [-0.15, -0.1) is 0 Å². The molecule has 1 heterocycles. The number of ether oxygens (including phenoxy) is 1. The molecule has 0 unspecified atom stereocenters. The Morgan fingerprint density at radius 2 is 1.72 bits per heavy atom. The van der Waals surface area contributed by atoms with Gasteiger partial charge < -0.3 is 20.3 Å². The van der Waals surface area contributed by atoms with Crippen LogP contribution in [0.15, 0.2) is 54.6 Å². The highest BCUT2D eigenvalue weighted by molar-refractivity contribution is 5.89. The fraction of sp³-hybridized carbons (Fsp3) is 0.318. The first kappa shape index (κ1) is 20.4. The van der Waals surface area contributed by atoms with E-state index in [1.54, 1.807) is 24.0 Å². The van der Waals surface area contributed by atoms with E-state index in [0.717, 1.165) is 12.0 Å². The number of hydrogen-bond acceptors (Lipinski definition) is 4. The van der Waals surface area contributed by atoms with Gasteiger partial charge in [0.2, 0.25) is 0 Å². The summed E-state index contributed by atoms with van der Waals surface area (Å²) in [5.74, 6) is -0.731. The molecule has 3 rings (SSSR count). The Labute approximate surface area is 170 Å². The molecule has 29 heavy (non-hydrogen) atoms. The van der Waals surface area contributed by atoms with Crippen molar-refractivity contribution in [2.75, 3.05) is 18.4 Å². The number of nitrogens with one attached hydrogen (secondary N) is 2. The molecular formula is C22H25N3O4. The van der Waals surface area contributed by atoms with Crippen LogP contribution in [-0.4, -0.2) is 42.0 Å². The average Bonchev–Trinajstić information content (AvgIpc) is 2.73. The largest absolute Gasteiger partial charge is 0.452 e. The molecule has 152 valence electrons. The van der Waals surface area contributed by atoms with E-state index < -0.39 is 18.1 Å². The number of carbonyl (C=O) groups excluding carboxylic acids is 3. The molecule has 0 bridgehead atoms. The molecule has 2 N–H and O–H groups in total. The Balaban J connectivity index is 1.39. The highest BCUT2D eigenvalue weighted by Gasteiger charge is 2.26. The summed E-state index contributed by atoms with van der Waals surface area (Å²) in [5.41, 5.74) is 3.04. The third-order valence-electron chi connectivity index (χ3n) is 4.74. The lowest BCUT2D eigenvalue weighted by Crippen LogP contribution is -2.42. The summed E-state index contributed by atoms with van der Waals surface area (Å²) in [4.78, 5) is 38.1. The summed E-state index contributed by atoms with van der Waals surface area (Å²) in [5, 5.41) is 5.26. The second-order valence-corrected chi connectivity index (χ2v) is 6.91. The fourth-order valence-electron chi connectivity index (χ4n) is 3.22. The minimum Gasteiger partial charge on any atom is -0.452 e. The van der Waals surface area contributed by atoms with E-state index in [9.17, 15) is 14.4 Å². The van der Waals surface area contributed by atoms with Crippen molar-refractivity contribution in [2.24, 2.45) is 0 Å².